The lowest BCUT2D eigenvalue weighted by atomic mass is 9.89. The van der Waals surface area contributed by atoms with Gasteiger partial charge in [-0.3, -0.25) is 4.79 Å². The second kappa shape index (κ2) is 11.0. The summed E-state index contributed by atoms with van der Waals surface area (Å²) in [6.07, 6.45) is 9.84. The van der Waals surface area contributed by atoms with Crippen LogP contribution in [-0.2, 0) is 9.59 Å². The van der Waals surface area contributed by atoms with Crippen LogP contribution in [0.25, 0.3) is 6.08 Å². The predicted octanol–water partition coefficient (Wildman–Crippen LogP) is 4.34. The molecule has 2 aromatic rings. The summed E-state index contributed by atoms with van der Waals surface area (Å²) in [6, 6.07) is 14.6. The van der Waals surface area contributed by atoms with Crippen LogP contribution in [0, 0.1) is 5.92 Å². The number of nitrogens with zero attached hydrogens (tertiary/aromatic N) is 1. The third kappa shape index (κ3) is 6.30. The predicted molar refractivity (Wildman–Crippen MR) is 116 cm³/mol. The van der Waals surface area contributed by atoms with Crippen molar-refractivity contribution in [2.24, 2.45) is 11.0 Å². The van der Waals surface area contributed by atoms with Crippen LogP contribution < -0.4 is 14.9 Å². The molecule has 0 unspecified atom stereocenters. The summed E-state index contributed by atoms with van der Waals surface area (Å²) in [5, 5.41) is 4.05. The van der Waals surface area contributed by atoms with Crippen molar-refractivity contribution in [2.75, 3.05) is 7.11 Å². The Hall–Kier alpha value is -3.41. The SMILES string of the molecule is COc1cc(/C=N/NC(=O)C2CCCCC2)ccc1OC(=O)/C=C/c1ccccc1. The van der Waals surface area contributed by atoms with Gasteiger partial charge in [0.15, 0.2) is 11.5 Å². The molecule has 1 fully saturated rings. The molecule has 0 spiro atoms. The maximum Gasteiger partial charge on any atom is 0.336 e. The lowest BCUT2D eigenvalue weighted by Crippen LogP contribution is -2.28. The smallest absolute Gasteiger partial charge is 0.336 e. The minimum absolute atomic E-state index is 0.0336. The fraction of sp³-hybridized carbons (Fsp3) is 0.292. The van der Waals surface area contributed by atoms with Gasteiger partial charge in [-0.15, -0.1) is 0 Å². The van der Waals surface area contributed by atoms with Crippen molar-refractivity contribution in [3.05, 3.63) is 65.7 Å². The third-order valence-electron chi connectivity index (χ3n) is 4.97. The van der Waals surface area contributed by atoms with Gasteiger partial charge in [0.05, 0.1) is 13.3 Å². The van der Waals surface area contributed by atoms with Gasteiger partial charge in [0.2, 0.25) is 5.91 Å². The van der Waals surface area contributed by atoms with Gasteiger partial charge in [-0.05, 0) is 48.2 Å². The Labute approximate surface area is 176 Å². The zero-order chi connectivity index (χ0) is 21.2. The van der Waals surface area contributed by atoms with Crippen LogP contribution in [0.5, 0.6) is 11.5 Å². The number of methoxy groups -OCH3 is 1. The van der Waals surface area contributed by atoms with E-state index in [1.165, 1.54) is 19.6 Å². The molecule has 3 rings (SSSR count). The number of hydrogen-bond acceptors (Lipinski definition) is 5. The molecule has 1 aliphatic rings. The van der Waals surface area contributed by atoms with Crippen LogP contribution in [0.3, 0.4) is 0 Å². The largest absolute Gasteiger partial charge is 0.493 e. The highest BCUT2D eigenvalue weighted by molar-refractivity contribution is 5.89. The average molecular weight is 406 g/mol. The minimum atomic E-state index is -0.502. The standard InChI is InChI=1S/C24H26N2O4/c1-29-22-16-19(17-25-26-24(28)20-10-6-3-7-11-20)12-14-21(22)30-23(27)15-13-18-8-4-2-5-9-18/h2,4-5,8-9,12-17,20H,3,6-7,10-11H2,1H3,(H,26,28)/b15-13+,25-17+. The van der Waals surface area contributed by atoms with E-state index in [1.54, 1.807) is 30.5 Å². The fourth-order valence-electron chi connectivity index (χ4n) is 3.35. The van der Waals surface area contributed by atoms with Crippen LogP contribution >= 0.6 is 0 Å². The summed E-state index contributed by atoms with van der Waals surface area (Å²) < 4.78 is 10.7. The molecule has 0 aliphatic heterocycles. The van der Waals surface area contributed by atoms with E-state index in [0.29, 0.717) is 11.5 Å². The van der Waals surface area contributed by atoms with E-state index in [0.717, 1.165) is 36.8 Å². The normalized spacial score (nSPS) is 14.7. The Morgan fingerprint density at radius 2 is 1.77 bits per heavy atom. The van der Waals surface area contributed by atoms with E-state index in [1.807, 2.05) is 30.3 Å². The Kier molecular flexibility index (Phi) is 7.78. The number of hydrogen-bond donors (Lipinski definition) is 1. The number of hydrazone groups is 1. The molecule has 0 heterocycles. The summed E-state index contributed by atoms with van der Waals surface area (Å²) in [5.74, 6) is 0.228. The van der Waals surface area contributed by atoms with Crippen molar-refractivity contribution in [1.29, 1.82) is 0 Å². The first-order valence-corrected chi connectivity index (χ1v) is 10.1. The lowest BCUT2D eigenvalue weighted by molar-refractivity contribution is -0.129. The van der Waals surface area contributed by atoms with Gasteiger partial charge in [-0.1, -0.05) is 49.6 Å². The Morgan fingerprint density at radius 3 is 2.50 bits per heavy atom. The van der Waals surface area contributed by atoms with Crippen LogP contribution in [0.1, 0.15) is 43.2 Å². The Balaban J connectivity index is 1.58. The number of ether oxygens (including phenoxy) is 2. The van der Waals surface area contributed by atoms with Gasteiger partial charge in [0, 0.05) is 12.0 Å². The summed E-state index contributed by atoms with van der Waals surface area (Å²) in [4.78, 5) is 24.2. The summed E-state index contributed by atoms with van der Waals surface area (Å²) in [6.45, 7) is 0. The first-order valence-electron chi connectivity index (χ1n) is 10.1. The molecule has 6 heteroatoms. The molecule has 156 valence electrons. The molecule has 6 nitrogen and oxygen atoms in total. The first-order chi connectivity index (χ1) is 14.7. The molecule has 0 saturated heterocycles. The lowest BCUT2D eigenvalue weighted by Gasteiger charge is -2.19. The maximum atomic E-state index is 12.1. The number of carbonyl (C=O) groups excluding carboxylic acids is 2. The highest BCUT2D eigenvalue weighted by Crippen LogP contribution is 2.28. The van der Waals surface area contributed by atoms with Crippen LogP contribution in [0.2, 0.25) is 0 Å². The van der Waals surface area contributed by atoms with Crippen molar-refractivity contribution in [3.63, 3.8) is 0 Å². The Bertz CT molecular complexity index is 916. The van der Waals surface area contributed by atoms with E-state index < -0.39 is 5.97 Å². The molecule has 1 amide bonds. The number of rotatable bonds is 7. The second-order valence-electron chi connectivity index (χ2n) is 7.14. The quantitative estimate of drug-likeness (QED) is 0.244. The molecule has 1 saturated carbocycles. The van der Waals surface area contributed by atoms with Gasteiger partial charge in [0.25, 0.3) is 0 Å². The van der Waals surface area contributed by atoms with Crippen LogP contribution in [-0.4, -0.2) is 25.2 Å². The number of benzene rings is 2. The number of esters is 1. The zero-order valence-electron chi connectivity index (χ0n) is 17.0. The number of carbonyl (C=O) groups is 2. The molecule has 0 aromatic heterocycles. The average Bonchev–Trinajstić information content (AvgIpc) is 2.79. The number of nitrogens with one attached hydrogen (secondary N) is 1. The van der Waals surface area contributed by atoms with E-state index in [-0.39, 0.29) is 11.8 Å². The van der Waals surface area contributed by atoms with Crippen LogP contribution in [0.4, 0.5) is 0 Å². The van der Waals surface area contributed by atoms with Gasteiger partial charge in [-0.25, -0.2) is 10.2 Å². The fourth-order valence-corrected chi connectivity index (χ4v) is 3.35. The van der Waals surface area contributed by atoms with Gasteiger partial charge < -0.3 is 9.47 Å². The molecular weight excluding hydrogens is 380 g/mol. The maximum absolute atomic E-state index is 12.1. The Morgan fingerprint density at radius 1 is 1.00 bits per heavy atom. The molecule has 1 N–H and O–H groups in total. The monoisotopic (exact) mass is 406 g/mol. The van der Waals surface area contributed by atoms with E-state index >= 15 is 0 Å². The van der Waals surface area contributed by atoms with Crippen molar-refractivity contribution in [1.82, 2.24) is 5.43 Å². The summed E-state index contributed by atoms with van der Waals surface area (Å²) >= 11 is 0. The molecular formula is C24H26N2O4. The van der Waals surface area contributed by atoms with Gasteiger partial charge in [-0.2, -0.15) is 5.10 Å². The van der Waals surface area contributed by atoms with Crippen molar-refractivity contribution >= 4 is 24.2 Å². The second-order valence-corrected chi connectivity index (χ2v) is 7.14. The van der Waals surface area contributed by atoms with E-state index in [9.17, 15) is 9.59 Å². The minimum Gasteiger partial charge on any atom is -0.493 e. The summed E-state index contributed by atoms with van der Waals surface area (Å²) in [5.41, 5.74) is 4.24. The van der Waals surface area contributed by atoms with Gasteiger partial charge >= 0.3 is 5.97 Å². The first kappa shape index (κ1) is 21.3. The molecule has 1 aliphatic carbocycles. The van der Waals surface area contributed by atoms with E-state index in [4.69, 9.17) is 9.47 Å². The molecule has 30 heavy (non-hydrogen) atoms. The van der Waals surface area contributed by atoms with Crippen molar-refractivity contribution in [2.45, 2.75) is 32.1 Å². The molecule has 2 aromatic carbocycles. The number of amides is 1. The highest BCUT2D eigenvalue weighted by Gasteiger charge is 2.20. The topological polar surface area (TPSA) is 77.0 Å². The highest BCUT2D eigenvalue weighted by atomic mass is 16.6. The van der Waals surface area contributed by atoms with Crippen LogP contribution in [0.15, 0.2) is 59.7 Å². The molecule has 0 atom stereocenters. The zero-order valence-corrected chi connectivity index (χ0v) is 17.0. The summed E-state index contributed by atoms with van der Waals surface area (Å²) in [7, 11) is 1.50. The van der Waals surface area contributed by atoms with Crippen molar-refractivity contribution in [3.8, 4) is 11.5 Å². The van der Waals surface area contributed by atoms with Crippen molar-refractivity contribution < 1.29 is 19.1 Å². The molecule has 0 bridgehead atoms. The van der Waals surface area contributed by atoms with E-state index in [2.05, 4.69) is 10.5 Å². The van der Waals surface area contributed by atoms with Gasteiger partial charge in [0.1, 0.15) is 0 Å². The molecule has 0 radical (unpaired) electrons. The third-order valence-corrected chi connectivity index (χ3v) is 4.97.